The van der Waals surface area contributed by atoms with Gasteiger partial charge in [0, 0.05) is 42.4 Å². The summed E-state index contributed by atoms with van der Waals surface area (Å²) in [6, 6.07) is 1.87. The maximum atomic E-state index is 11.7. The van der Waals surface area contributed by atoms with Crippen molar-refractivity contribution in [3.05, 3.63) is 21.9 Å². The molecule has 0 unspecified atom stereocenters. The van der Waals surface area contributed by atoms with Crippen molar-refractivity contribution in [1.82, 2.24) is 9.03 Å². The number of rotatable bonds is 6. The van der Waals surface area contributed by atoms with Crippen LogP contribution in [0.5, 0.6) is 0 Å². The first-order chi connectivity index (χ1) is 8.99. The van der Waals surface area contributed by atoms with Crippen molar-refractivity contribution in [2.75, 3.05) is 20.2 Å². The van der Waals surface area contributed by atoms with E-state index >= 15 is 0 Å². The molecule has 0 aromatic carbocycles. The Labute approximate surface area is 118 Å². The van der Waals surface area contributed by atoms with Crippen molar-refractivity contribution in [3.8, 4) is 11.8 Å². The first kappa shape index (κ1) is 16.1. The van der Waals surface area contributed by atoms with E-state index in [9.17, 15) is 8.42 Å². The highest BCUT2D eigenvalue weighted by atomic mass is 32.2. The highest BCUT2D eigenvalue weighted by Gasteiger charge is 2.16. The lowest BCUT2D eigenvalue weighted by atomic mass is 10.3. The summed E-state index contributed by atoms with van der Waals surface area (Å²) in [7, 11) is -1.86. The predicted molar refractivity (Wildman–Crippen MR) is 77.0 cm³/mol. The van der Waals surface area contributed by atoms with Crippen LogP contribution in [0.2, 0.25) is 0 Å². The largest absolute Gasteiger partial charge is 0.395 e. The second kappa shape index (κ2) is 7.62. The van der Waals surface area contributed by atoms with Gasteiger partial charge in [-0.1, -0.05) is 18.8 Å². The zero-order chi connectivity index (χ0) is 14.3. The molecule has 1 aromatic heterocycles. The van der Waals surface area contributed by atoms with Crippen LogP contribution in [0.1, 0.15) is 23.8 Å². The van der Waals surface area contributed by atoms with Crippen LogP contribution < -0.4 is 4.72 Å². The molecule has 0 bridgehead atoms. The Morgan fingerprint density at radius 1 is 1.53 bits per heavy atom. The molecule has 7 heteroatoms. The average Bonchev–Trinajstić information content (AvgIpc) is 2.77. The molecule has 2 N–H and O–H groups in total. The maximum absolute atomic E-state index is 11.7. The van der Waals surface area contributed by atoms with E-state index in [1.54, 1.807) is 6.92 Å². The normalized spacial score (nSPS) is 11.4. The van der Waals surface area contributed by atoms with Crippen molar-refractivity contribution in [2.24, 2.45) is 0 Å². The molecule has 19 heavy (non-hydrogen) atoms. The maximum Gasteiger partial charge on any atom is 0.279 e. The molecular formula is C12H18N2O3S2. The fourth-order valence-corrected chi connectivity index (χ4v) is 3.19. The number of thiophene rings is 1. The third kappa shape index (κ3) is 5.30. The molecular weight excluding hydrogens is 284 g/mol. The minimum absolute atomic E-state index is 0.0493. The molecule has 0 aliphatic heterocycles. The van der Waals surface area contributed by atoms with Crippen molar-refractivity contribution in [1.29, 1.82) is 0 Å². The third-order valence-electron chi connectivity index (χ3n) is 2.24. The van der Waals surface area contributed by atoms with Gasteiger partial charge in [-0.2, -0.15) is 12.7 Å². The molecule has 0 atom stereocenters. The Morgan fingerprint density at radius 2 is 2.26 bits per heavy atom. The summed E-state index contributed by atoms with van der Waals surface area (Å²) in [5.74, 6) is 5.75. The molecule has 0 aliphatic rings. The Balaban J connectivity index is 2.67. The monoisotopic (exact) mass is 302 g/mol. The smallest absolute Gasteiger partial charge is 0.279 e. The lowest BCUT2D eigenvalue weighted by Gasteiger charge is -2.15. The van der Waals surface area contributed by atoms with Gasteiger partial charge in [0.25, 0.3) is 10.2 Å². The van der Waals surface area contributed by atoms with Gasteiger partial charge >= 0.3 is 0 Å². The van der Waals surface area contributed by atoms with Crippen LogP contribution in [0.4, 0.5) is 0 Å². The van der Waals surface area contributed by atoms with E-state index in [4.69, 9.17) is 5.11 Å². The van der Waals surface area contributed by atoms with E-state index in [2.05, 4.69) is 16.6 Å². The summed E-state index contributed by atoms with van der Waals surface area (Å²) >= 11 is 1.47. The predicted octanol–water partition coefficient (Wildman–Crippen LogP) is 0.768. The van der Waals surface area contributed by atoms with Crippen LogP contribution in [-0.2, 0) is 16.8 Å². The van der Waals surface area contributed by atoms with Gasteiger partial charge in [-0.25, -0.2) is 4.72 Å². The lowest BCUT2D eigenvalue weighted by molar-refractivity contribution is 0.305. The SMILES string of the molecule is CCNS(=O)(=O)N(C)Cc1cc(C#CCCO)cs1. The summed E-state index contributed by atoms with van der Waals surface area (Å²) in [4.78, 5) is 0.928. The molecule has 0 spiro atoms. The van der Waals surface area contributed by atoms with Crippen molar-refractivity contribution in [3.63, 3.8) is 0 Å². The van der Waals surface area contributed by atoms with Crippen LogP contribution in [-0.4, -0.2) is 38.0 Å². The van der Waals surface area contributed by atoms with Crippen molar-refractivity contribution >= 4 is 21.5 Å². The molecule has 0 aliphatic carbocycles. The Morgan fingerprint density at radius 3 is 2.89 bits per heavy atom. The quantitative estimate of drug-likeness (QED) is 0.763. The van der Waals surface area contributed by atoms with Gasteiger partial charge in [0.15, 0.2) is 0 Å². The molecule has 0 saturated heterocycles. The van der Waals surface area contributed by atoms with Gasteiger partial charge in [0.1, 0.15) is 0 Å². The standard InChI is InChI=1S/C12H18N2O3S2/c1-3-13-19(16,17)14(2)9-12-8-11(10-18-12)6-4-5-7-15/h8,10,13,15H,3,5,7,9H2,1-2H3. The first-order valence-corrected chi connectivity index (χ1v) is 8.19. The molecule has 0 amide bonds. The average molecular weight is 302 g/mol. The Bertz CT molecular complexity index is 555. The van der Waals surface area contributed by atoms with Gasteiger partial charge < -0.3 is 5.11 Å². The number of nitrogens with one attached hydrogen (secondary N) is 1. The molecule has 1 aromatic rings. The Hall–Kier alpha value is -0.910. The topological polar surface area (TPSA) is 69.6 Å². The van der Waals surface area contributed by atoms with Crippen LogP contribution in [0, 0.1) is 11.8 Å². The van der Waals surface area contributed by atoms with Gasteiger partial charge in [-0.05, 0) is 6.07 Å². The number of hydrogen-bond donors (Lipinski definition) is 2. The Kier molecular flexibility index (Phi) is 6.48. The van der Waals surface area contributed by atoms with Crippen LogP contribution >= 0.6 is 11.3 Å². The summed E-state index contributed by atoms with van der Waals surface area (Å²) in [6.45, 7) is 2.48. The zero-order valence-electron chi connectivity index (χ0n) is 11.0. The number of aliphatic hydroxyl groups is 1. The van der Waals surface area contributed by atoms with Crippen molar-refractivity contribution in [2.45, 2.75) is 19.9 Å². The minimum atomic E-state index is -3.40. The van der Waals surface area contributed by atoms with Crippen molar-refractivity contribution < 1.29 is 13.5 Å². The molecule has 5 nitrogen and oxygen atoms in total. The van der Waals surface area contributed by atoms with E-state index in [1.165, 1.54) is 22.7 Å². The van der Waals surface area contributed by atoms with E-state index in [0.29, 0.717) is 19.5 Å². The zero-order valence-corrected chi connectivity index (χ0v) is 12.6. The second-order valence-electron chi connectivity index (χ2n) is 3.84. The van der Waals surface area contributed by atoms with Crippen LogP contribution in [0.25, 0.3) is 0 Å². The highest BCUT2D eigenvalue weighted by Crippen LogP contribution is 2.16. The second-order valence-corrected chi connectivity index (χ2v) is 6.69. The van der Waals surface area contributed by atoms with Crippen LogP contribution in [0.3, 0.4) is 0 Å². The van der Waals surface area contributed by atoms with Gasteiger partial charge in [-0.15, -0.1) is 11.3 Å². The molecule has 0 radical (unpaired) electrons. The molecule has 1 heterocycles. The molecule has 106 valence electrons. The number of aliphatic hydroxyl groups excluding tert-OH is 1. The highest BCUT2D eigenvalue weighted by molar-refractivity contribution is 7.87. The molecule has 0 fully saturated rings. The van der Waals surface area contributed by atoms with E-state index in [-0.39, 0.29) is 6.61 Å². The van der Waals surface area contributed by atoms with Gasteiger partial charge in [0.2, 0.25) is 0 Å². The summed E-state index contributed by atoms with van der Waals surface area (Å²) in [6.07, 6.45) is 0.444. The lowest BCUT2D eigenvalue weighted by Crippen LogP contribution is -2.37. The third-order valence-corrected chi connectivity index (χ3v) is 4.76. The molecule has 1 rings (SSSR count). The first-order valence-electron chi connectivity index (χ1n) is 5.87. The number of hydrogen-bond acceptors (Lipinski definition) is 4. The van der Waals surface area contributed by atoms with Crippen LogP contribution in [0.15, 0.2) is 11.4 Å². The van der Waals surface area contributed by atoms with Gasteiger partial charge in [0.05, 0.1) is 6.61 Å². The van der Waals surface area contributed by atoms with Gasteiger partial charge in [-0.3, -0.25) is 0 Å². The summed E-state index contributed by atoms with van der Waals surface area (Å²) in [5.41, 5.74) is 0.850. The summed E-state index contributed by atoms with van der Waals surface area (Å²) < 4.78 is 27.1. The minimum Gasteiger partial charge on any atom is -0.395 e. The fraction of sp³-hybridized carbons (Fsp3) is 0.500. The van der Waals surface area contributed by atoms with E-state index < -0.39 is 10.2 Å². The van der Waals surface area contributed by atoms with E-state index in [1.807, 2.05) is 11.4 Å². The fourth-order valence-electron chi connectivity index (χ4n) is 1.35. The van der Waals surface area contributed by atoms with E-state index in [0.717, 1.165) is 10.4 Å². The number of nitrogens with zero attached hydrogens (tertiary/aromatic N) is 1. The molecule has 0 saturated carbocycles. The summed E-state index contributed by atoms with van der Waals surface area (Å²) in [5, 5.41) is 10.5.